The summed E-state index contributed by atoms with van der Waals surface area (Å²) < 4.78 is 32.6. The molecule has 0 radical (unpaired) electrons. The third-order valence-electron chi connectivity index (χ3n) is 3.47. The smallest absolute Gasteiger partial charge is 0.218 e. The number of fused-ring (bicyclic) bond motifs is 1. The molecule has 0 bridgehead atoms. The SMILES string of the molecule is OCC1CCc2c(-c3ccc(F)cc3F)cc(Cl)nc2O1. The highest BCUT2D eigenvalue weighted by molar-refractivity contribution is 6.29. The standard InChI is InChI=1S/C15H12ClF2NO2/c16-14-6-12(10-3-1-8(17)5-13(10)18)11-4-2-9(7-20)21-15(11)19-14/h1,3,5-6,9,20H,2,4,7H2. The molecular weight excluding hydrogens is 300 g/mol. The van der Waals surface area contributed by atoms with E-state index in [0.717, 1.165) is 11.6 Å². The summed E-state index contributed by atoms with van der Waals surface area (Å²) in [5.74, 6) is -1.00. The van der Waals surface area contributed by atoms with Gasteiger partial charge in [0.1, 0.15) is 22.9 Å². The van der Waals surface area contributed by atoms with E-state index in [2.05, 4.69) is 4.98 Å². The summed E-state index contributed by atoms with van der Waals surface area (Å²) in [7, 11) is 0. The van der Waals surface area contributed by atoms with Crippen LogP contribution in [-0.2, 0) is 6.42 Å². The molecule has 0 aliphatic carbocycles. The third kappa shape index (κ3) is 2.71. The average molecular weight is 312 g/mol. The largest absolute Gasteiger partial charge is 0.472 e. The summed E-state index contributed by atoms with van der Waals surface area (Å²) in [5.41, 5.74) is 1.51. The number of hydrogen-bond donors (Lipinski definition) is 1. The van der Waals surface area contributed by atoms with Gasteiger partial charge >= 0.3 is 0 Å². The van der Waals surface area contributed by atoms with Gasteiger partial charge in [-0.1, -0.05) is 11.6 Å². The fourth-order valence-electron chi connectivity index (χ4n) is 2.46. The Bertz CT molecular complexity index is 694. The van der Waals surface area contributed by atoms with E-state index in [4.69, 9.17) is 21.4 Å². The lowest BCUT2D eigenvalue weighted by Gasteiger charge is -2.25. The lowest BCUT2D eigenvalue weighted by molar-refractivity contribution is 0.0932. The predicted octanol–water partition coefficient (Wildman–Crippen LogP) is 3.37. The second-order valence-electron chi connectivity index (χ2n) is 4.86. The molecule has 0 amide bonds. The fourth-order valence-corrected chi connectivity index (χ4v) is 2.64. The maximum atomic E-state index is 14.0. The molecule has 2 aromatic rings. The maximum Gasteiger partial charge on any atom is 0.218 e. The zero-order chi connectivity index (χ0) is 15.0. The van der Waals surface area contributed by atoms with Crippen LogP contribution in [0.2, 0.25) is 5.15 Å². The summed E-state index contributed by atoms with van der Waals surface area (Å²) in [6.45, 7) is -0.117. The molecule has 110 valence electrons. The minimum absolute atomic E-state index is 0.117. The van der Waals surface area contributed by atoms with Crippen molar-refractivity contribution in [2.75, 3.05) is 6.61 Å². The van der Waals surface area contributed by atoms with Crippen LogP contribution in [0.5, 0.6) is 5.88 Å². The summed E-state index contributed by atoms with van der Waals surface area (Å²) in [5, 5.41) is 9.32. The number of benzene rings is 1. The van der Waals surface area contributed by atoms with Gasteiger partial charge < -0.3 is 9.84 Å². The van der Waals surface area contributed by atoms with Crippen molar-refractivity contribution < 1.29 is 18.6 Å². The minimum atomic E-state index is -0.663. The quantitative estimate of drug-likeness (QED) is 0.865. The molecule has 1 aromatic carbocycles. The van der Waals surface area contributed by atoms with Crippen molar-refractivity contribution >= 4 is 11.6 Å². The number of rotatable bonds is 2. The van der Waals surface area contributed by atoms with E-state index >= 15 is 0 Å². The van der Waals surface area contributed by atoms with Crippen LogP contribution in [0.15, 0.2) is 24.3 Å². The second kappa shape index (κ2) is 5.58. The second-order valence-corrected chi connectivity index (χ2v) is 5.25. The van der Waals surface area contributed by atoms with Gasteiger partial charge in [-0.2, -0.15) is 0 Å². The zero-order valence-electron chi connectivity index (χ0n) is 10.9. The number of ether oxygens (including phenoxy) is 1. The molecule has 3 nitrogen and oxygen atoms in total. The molecule has 1 aliphatic heterocycles. The van der Waals surface area contributed by atoms with Gasteiger partial charge in [0.05, 0.1) is 6.61 Å². The van der Waals surface area contributed by atoms with Crippen molar-refractivity contribution in [2.24, 2.45) is 0 Å². The van der Waals surface area contributed by atoms with Crippen LogP contribution >= 0.6 is 11.6 Å². The molecule has 2 heterocycles. The molecule has 0 fully saturated rings. The highest BCUT2D eigenvalue weighted by Crippen LogP contribution is 2.37. The Balaban J connectivity index is 2.13. The number of aromatic nitrogens is 1. The maximum absolute atomic E-state index is 14.0. The van der Waals surface area contributed by atoms with E-state index < -0.39 is 11.6 Å². The Labute approximate surface area is 125 Å². The van der Waals surface area contributed by atoms with Crippen molar-refractivity contribution in [3.8, 4) is 17.0 Å². The van der Waals surface area contributed by atoms with Gasteiger partial charge in [0.25, 0.3) is 0 Å². The van der Waals surface area contributed by atoms with Gasteiger partial charge in [-0.3, -0.25) is 0 Å². The van der Waals surface area contributed by atoms with Crippen LogP contribution in [0.4, 0.5) is 8.78 Å². The molecule has 1 aromatic heterocycles. The van der Waals surface area contributed by atoms with Gasteiger partial charge in [0.2, 0.25) is 5.88 Å². The molecule has 1 atom stereocenters. The number of pyridine rings is 1. The molecule has 0 spiro atoms. The Hall–Kier alpha value is -1.72. The molecule has 1 N–H and O–H groups in total. The highest BCUT2D eigenvalue weighted by atomic mass is 35.5. The Morgan fingerprint density at radius 1 is 1.29 bits per heavy atom. The lowest BCUT2D eigenvalue weighted by Crippen LogP contribution is -2.27. The molecular formula is C15H12ClF2NO2. The van der Waals surface area contributed by atoms with Crippen molar-refractivity contribution in [3.63, 3.8) is 0 Å². The van der Waals surface area contributed by atoms with Gasteiger partial charge in [-0.15, -0.1) is 0 Å². The molecule has 1 unspecified atom stereocenters. The molecule has 0 saturated heterocycles. The minimum Gasteiger partial charge on any atom is -0.472 e. The summed E-state index contributed by atoms with van der Waals surface area (Å²) in [4.78, 5) is 4.08. The van der Waals surface area contributed by atoms with E-state index in [0.29, 0.717) is 24.3 Å². The van der Waals surface area contributed by atoms with Crippen molar-refractivity contribution in [1.29, 1.82) is 0 Å². The third-order valence-corrected chi connectivity index (χ3v) is 3.67. The van der Waals surface area contributed by atoms with Crippen LogP contribution in [-0.4, -0.2) is 22.8 Å². The van der Waals surface area contributed by atoms with E-state index in [9.17, 15) is 8.78 Å². The average Bonchev–Trinajstić information content (AvgIpc) is 2.45. The number of halogens is 3. The van der Waals surface area contributed by atoms with Crippen LogP contribution in [0.25, 0.3) is 11.1 Å². The fraction of sp³-hybridized carbons (Fsp3) is 0.267. The van der Waals surface area contributed by atoms with Crippen LogP contribution in [0.1, 0.15) is 12.0 Å². The van der Waals surface area contributed by atoms with Gasteiger partial charge in [-0.05, 0) is 36.6 Å². The zero-order valence-corrected chi connectivity index (χ0v) is 11.7. The number of aliphatic hydroxyl groups is 1. The van der Waals surface area contributed by atoms with Gasteiger partial charge in [0.15, 0.2) is 0 Å². The first kappa shape index (κ1) is 14.2. The van der Waals surface area contributed by atoms with Gasteiger partial charge in [0, 0.05) is 17.2 Å². The van der Waals surface area contributed by atoms with Crippen molar-refractivity contribution in [2.45, 2.75) is 18.9 Å². The molecule has 3 rings (SSSR count). The van der Waals surface area contributed by atoms with Gasteiger partial charge in [-0.25, -0.2) is 13.8 Å². The monoisotopic (exact) mass is 311 g/mol. The van der Waals surface area contributed by atoms with E-state index in [1.807, 2.05) is 0 Å². The van der Waals surface area contributed by atoms with Crippen molar-refractivity contribution in [1.82, 2.24) is 4.98 Å². The Morgan fingerprint density at radius 3 is 2.81 bits per heavy atom. The van der Waals surface area contributed by atoms with E-state index in [-0.39, 0.29) is 23.4 Å². The van der Waals surface area contributed by atoms with E-state index in [1.165, 1.54) is 12.1 Å². The normalized spacial score (nSPS) is 17.2. The topological polar surface area (TPSA) is 42.4 Å². The van der Waals surface area contributed by atoms with Crippen LogP contribution in [0.3, 0.4) is 0 Å². The first-order valence-corrected chi connectivity index (χ1v) is 6.88. The first-order chi connectivity index (χ1) is 10.1. The number of aliphatic hydroxyl groups excluding tert-OH is 1. The summed E-state index contributed by atoms with van der Waals surface area (Å²) >= 11 is 5.96. The highest BCUT2D eigenvalue weighted by Gasteiger charge is 2.25. The Morgan fingerprint density at radius 2 is 2.10 bits per heavy atom. The number of hydrogen-bond acceptors (Lipinski definition) is 3. The van der Waals surface area contributed by atoms with Crippen LogP contribution < -0.4 is 4.74 Å². The summed E-state index contributed by atoms with van der Waals surface area (Å²) in [6, 6.07) is 4.93. The molecule has 6 heteroatoms. The van der Waals surface area contributed by atoms with Crippen molar-refractivity contribution in [3.05, 3.63) is 46.6 Å². The molecule has 1 aliphatic rings. The molecule has 0 saturated carbocycles. The predicted molar refractivity (Wildman–Crippen MR) is 74.4 cm³/mol. The first-order valence-electron chi connectivity index (χ1n) is 6.51. The number of nitrogens with zero attached hydrogens (tertiary/aromatic N) is 1. The van der Waals surface area contributed by atoms with E-state index in [1.54, 1.807) is 6.07 Å². The lowest BCUT2D eigenvalue weighted by atomic mass is 9.95. The summed E-state index contributed by atoms with van der Waals surface area (Å²) in [6.07, 6.45) is 0.842. The Kier molecular flexibility index (Phi) is 3.78. The molecule has 21 heavy (non-hydrogen) atoms. The van der Waals surface area contributed by atoms with Crippen LogP contribution in [0, 0.1) is 11.6 Å².